The molecule has 1 aliphatic carbocycles. The van der Waals surface area contributed by atoms with Crippen molar-refractivity contribution in [3.05, 3.63) is 12.2 Å². The van der Waals surface area contributed by atoms with E-state index in [9.17, 15) is 4.79 Å². The lowest BCUT2D eigenvalue weighted by Gasteiger charge is -2.25. The van der Waals surface area contributed by atoms with Crippen molar-refractivity contribution in [2.24, 2.45) is 11.7 Å². The zero-order chi connectivity index (χ0) is 13.2. The van der Waals surface area contributed by atoms with Gasteiger partial charge in [-0.25, -0.2) is 0 Å². The number of hydrogen-bond acceptors (Lipinski definition) is 3. The minimum Gasteiger partial charge on any atom is -0.372 e. The van der Waals surface area contributed by atoms with Crippen LogP contribution in [0.4, 0.5) is 0 Å². The van der Waals surface area contributed by atoms with E-state index in [2.05, 4.69) is 5.32 Å². The highest BCUT2D eigenvalue weighted by Crippen LogP contribution is 2.27. The van der Waals surface area contributed by atoms with Crippen LogP contribution in [0.3, 0.4) is 0 Å². The van der Waals surface area contributed by atoms with E-state index in [1.807, 2.05) is 12.2 Å². The summed E-state index contributed by atoms with van der Waals surface area (Å²) in [5, 5.41) is 2.85. The van der Waals surface area contributed by atoms with Crippen molar-refractivity contribution in [1.29, 1.82) is 0 Å². The molecule has 1 unspecified atom stereocenters. The third-order valence-corrected chi connectivity index (χ3v) is 3.55. The van der Waals surface area contributed by atoms with Crippen LogP contribution in [0.25, 0.3) is 0 Å². The number of hydrogen-bond donors (Lipinski definition) is 2. The van der Waals surface area contributed by atoms with Crippen LogP contribution < -0.4 is 11.1 Å². The Labute approximate surface area is 110 Å². The third kappa shape index (κ3) is 5.65. The molecule has 4 nitrogen and oxygen atoms in total. The Kier molecular flexibility index (Phi) is 7.69. The van der Waals surface area contributed by atoms with Crippen LogP contribution >= 0.6 is 0 Å². The standard InChI is InChI=1S/C14H26N2O2/c1-18-13(11-12-7-3-2-4-8-12)14(17)16-10-6-5-9-15/h5-6,12-13H,2-4,7-11,15H2,1H3,(H,16,17)/b6-5+. The molecule has 0 heterocycles. The van der Waals surface area contributed by atoms with Crippen molar-refractivity contribution in [2.45, 2.75) is 44.6 Å². The van der Waals surface area contributed by atoms with Gasteiger partial charge in [0.2, 0.25) is 5.91 Å². The number of amides is 1. The quantitative estimate of drug-likeness (QED) is 0.678. The second kappa shape index (κ2) is 9.11. The lowest BCUT2D eigenvalue weighted by molar-refractivity contribution is -0.132. The summed E-state index contributed by atoms with van der Waals surface area (Å²) in [6.45, 7) is 1.03. The zero-order valence-corrected chi connectivity index (χ0v) is 11.4. The van der Waals surface area contributed by atoms with Gasteiger partial charge in [-0.2, -0.15) is 0 Å². The molecule has 1 aliphatic rings. The van der Waals surface area contributed by atoms with Crippen LogP contribution in [-0.4, -0.2) is 32.2 Å². The zero-order valence-electron chi connectivity index (χ0n) is 11.4. The van der Waals surface area contributed by atoms with Crippen LogP contribution in [0.1, 0.15) is 38.5 Å². The fourth-order valence-electron chi connectivity index (χ4n) is 2.49. The number of carbonyl (C=O) groups is 1. The van der Waals surface area contributed by atoms with Crippen LogP contribution in [0.2, 0.25) is 0 Å². The van der Waals surface area contributed by atoms with Gasteiger partial charge in [-0.15, -0.1) is 0 Å². The highest BCUT2D eigenvalue weighted by Gasteiger charge is 2.23. The SMILES string of the molecule is COC(CC1CCCCC1)C(=O)NC/C=C/CN. The normalized spacial score (nSPS) is 19.0. The maximum Gasteiger partial charge on any atom is 0.249 e. The summed E-state index contributed by atoms with van der Waals surface area (Å²) >= 11 is 0. The highest BCUT2D eigenvalue weighted by atomic mass is 16.5. The maximum atomic E-state index is 11.9. The first kappa shape index (κ1) is 15.2. The van der Waals surface area contributed by atoms with Gasteiger partial charge in [-0.05, 0) is 12.3 Å². The molecule has 0 spiro atoms. The fourth-order valence-corrected chi connectivity index (χ4v) is 2.49. The Hall–Kier alpha value is -0.870. The van der Waals surface area contributed by atoms with Crippen LogP contribution in [0.5, 0.6) is 0 Å². The fraction of sp³-hybridized carbons (Fsp3) is 0.786. The Morgan fingerprint density at radius 1 is 1.39 bits per heavy atom. The Morgan fingerprint density at radius 2 is 2.11 bits per heavy atom. The molecule has 0 aromatic rings. The van der Waals surface area contributed by atoms with E-state index >= 15 is 0 Å². The van der Waals surface area contributed by atoms with Crippen LogP contribution in [-0.2, 0) is 9.53 Å². The highest BCUT2D eigenvalue weighted by molar-refractivity contribution is 5.80. The molecule has 1 fully saturated rings. The molecule has 1 atom stereocenters. The van der Waals surface area contributed by atoms with Gasteiger partial charge in [0.1, 0.15) is 6.10 Å². The van der Waals surface area contributed by atoms with Gasteiger partial charge < -0.3 is 15.8 Å². The third-order valence-electron chi connectivity index (χ3n) is 3.55. The minimum absolute atomic E-state index is 0.00950. The summed E-state index contributed by atoms with van der Waals surface area (Å²) in [7, 11) is 1.61. The van der Waals surface area contributed by atoms with Gasteiger partial charge in [0.05, 0.1) is 0 Å². The lowest BCUT2D eigenvalue weighted by Crippen LogP contribution is -2.37. The molecule has 0 bridgehead atoms. The largest absolute Gasteiger partial charge is 0.372 e. The van der Waals surface area contributed by atoms with Gasteiger partial charge >= 0.3 is 0 Å². The number of nitrogens with one attached hydrogen (secondary N) is 1. The molecule has 1 saturated carbocycles. The number of methoxy groups -OCH3 is 1. The van der Waals surface area contributed by atoms with Crippen LogP contribution in [0.15, 0.2) is 12.2 Å². The van der Waals surface area contributed by atoms with Gasteiger partial charge in [0.15, 0.2) is 0 Å². The lowest BCUT2D eigenvalue weighted by atomic mass is 9.85. The minimum atomic E-state index is -0.306. The second-order valence-corrected chi connectivity index (χ2v) is 4.92. The van der Waals surface area contributed by atoms with Crippen molar-refractivity contribution < 1.29 is 9.53 Å². The summed E-state index contributed by atoms with van der Waals surface area (Å²) in [5.41, 5.74) is 5.33. The molecule has 104 valence electrons. The predicted molar refractivity (Wildman–Crippen MR) is 73.2 cm³/mol. The number of ether oxygens (including phenoxy) is 1. The summed E-state index contributed by atoms with van der Waals surface area (Å²) in [6.07, 6.45) is 10.6. The average molecular weight is 254 g/mol. The Bertz CT molecular complexity index is 261. The van der Waals surface area contributed by atoms with Gasteiger partial charge in [-0.1, -0.05) is 44.3 Å². The molecule has 1 amide bonds. The monoisotopic (exact) mass is 254 g/mol. The molecule has 4 heteroatoms. The Morgan fingerprint density at radius 3 is 2.72 bits per heavy atom. The van der Waals surface area contributed by atoms with Crippen molar-refractivity contribution in [3.63, 3.8) is 0 Å². The molecular formula is C14H26N2O2. The molecule has 18 heavy (non-hydrogen) atoms. The first-order chi connectivity index (χ1) is 8.77. The molecular weight excluding hydrogens is 228 g/mol. The van der Waals surface area contributed by atoms with E-state index < -0.39 is 0 Å². The molecule has 0 aromatic carbocycles. The molecule has 1 rings (SSSR count). The summed E-state index contributed by atoms with van der Waals surface area (Å²) in [5.74, 6) is 0.638. The summed E-state index contributed by atoms with van der Waals surface area (Å²) in [6, 6.07) is 0. The number of carbonyl (C=O) groups excluding carboxylic acids is 1. The topological polar surface area (TPSA) is 64.3 Å². The molecule has 0 aromatic heterocycles. The number of nitrogens with two attached hydrogens (primary N) is 1. The molecule has 0 aliphatic heterocycles. The first-order valence-corrected chi connectivity index (χ1v) is 6.93. The summed E-state index contributed by atoms with van der Waals surface area (Å²) in [4.78, 5) is 11.9. The van der Waals surface area contributed by atoms with Gasteiger partial charge in [0, 0.05) is 20.2 Å². The van der Waals surface area contributed by atoms with E-state index in [0.29, 0.717) is 19.0 Å². The molecule has 0 radical (unpaired) electrons. The van der Waals surface area contributed by atoms with E-state index in [-0.39, 0.29) is 12.0 Å². The maximum absolute atomic E-state index is 11.9. The van der Waals surface area contributed by atoms with Gasteiger partial charge in [0.25, 0.3) is 0 Å². The smallest absolute Gasteiger partial charge is 0.249 e. The average Bonchev–Trinajstić information content (AvgIpc) is 2.42. The number of rotatable bonds is 7. The van der Waals surface area contributed by atoms with E-state index in [1.165, 1.54) is 32.1 Å². The van der Waals surface area contributed by atoms with Crippen molar-refractivity contribution in [1.82, 2.24) is 5.32 Å². The van der Waals surface area contributed by atoms with Crippen molar-refractivity contribution >= 4 is 5.91 Å². The molecule has 0 saturated heterocycles. The summed E-state index contributed by atoms with van der Waals surface area (Å²) < 4.78 is 5.31. The van der Waals surface area contributed by atoms with Crippen molar-refractivity contribution in [3.8, 4) is 0 Å². The van der Waals surface area contributed by atoms with Crippen LogP contribution in [0, 0.1) is 5.92 Å². The molecule has 3 N–H and O–H groups in total. The predicted octanol–water partition coefficient (Wildman–Crippen LogP) is 1.60. The van der Waals surface area contributed by atoms with E-state index in [0.717, 1.165) is 6.42 Å². The van der Waals surface area contributed by atoms with E-state index in [1.54, 1.807) is 7.11 Å². The van der Waals surface area contributed by atoms with Gasteiger partial charge in [-0.3, -0.25) is 4.79 Å². The van der Waals surface area contributed by atoms with Crippen molar-refractivity contribution in [2.75, 3.05) is 20.2 Å². The van der Waals surface area contributed by atoms with E-state index in [4.69, 9.17) is 10.5 Å². The second-order valence-electron chi connectivity index (χ2n) is 4.92. The first-order valence-electron chi connectivity index (χ1n) is 6.93. The Balaban J connectivity index is 2.29.